The zero-order valence-electron chi connectivity index (χ0n) is 21.0. The van der Waals surface area contributed by atoms with E-state index in [9.17, 15) is 4.79 Å². The summed E-state index contributed by atoms with van der Waals surface area (Å²) in [6.07, 6.45) is 3.11. The molecule has 38 heavy (non-hydrogen) atoms. The minimum absolute atomic E-state index is 0.114. The summed E-state index contributed by atoms with van der Waals surface area (Å²) in [5, 5.41) is 10.4. The quantitative estimate of drug-likeness (QED) is 0.219. The lowest BCUT2D eigenvalue weighted by molar-refractivity contribution is -0.129. The molecule has 2 heterocycles. The lowest BCUT2D eigenvalue weighted by Gasteiger charge is -2.32. The Bertz CT molecular complexity index is 1390. The molecule has 0 aliphatic carbocycles. The molecule has 0 radical (unpaired) electrons. The van der Waals surface area contributed by atoms with Crippen LogP contribution in [0.5, 0.6) is 5.75 Å². The maximum Gasteiger partial charge on any atom is 0.233 e. The first kappa shape index (κ1) is 26.6. The molecule has 0 atom stereocenters. The first-order valence-corrected chi connectivity index (χ1v) is 14.3. The van der Waals surface area contributed by atoms with Gasteiger partial charge >= 0.3 is 0 Å². The molecule has 0 unspecified atom stereocenters. The van der Waals surface area contributed by atoms with E-state index in [1.165, 1.54) is 17.3 Å². The Labute approximate surface area is 236 Å². The van der Waals surface area contributed by atoms with E-state index in [0.717, 1.165) is 49.4 Å². The van der Waals surface area contributed by atoms with Crippen molar-refractivity contribution in [1.29, 1.82) is 0 Å². The van der Waals surface area contributed by atoms with Gasteiger partial charge in [0.05, 0.1) is 28.6 Å². The van der Waals surface area contributed by atoms with Crippen LogP contribution in [-0.2, 0) is 11.2 Å². The third-order valence-corrected chi connectivity index (χ3v) is 8.45. The topological polar surface area (TPSA) is 60.3 Å². The largest absolute Gasteiger partial charge is 0.497 e. The van der Waals surface area contributed by atoms with Gasteiger partial charge in [-0.1, -0.05) is 65.3 Å². The molecule has 1 amide bonds. The summed E-state index contributed by atoms with van der Waals surface area (Å²) >= 11 is 13.9. The first-order valence-electron chi connectivity index (χ1n) is 12.5. The Hall–Kier alpha value is -3.00. The van der Waals surface area contributed by atoms with Crippen molar-refractivity contribution in [3.63, 3.8) is 0 Å². The molecule has 1 aromatic heterocycles. The number of nitrogens with zero attached hydrogens (tertiary/aromatic N) is 4. The molecule has 1 aliphatic heterocycles. The fourth-order valence-corrected chi connectivity index (χ4v) is 5.85. The SMILES string of the molecule is COc1ccc(-c2nnc(SCC(=O)N3CCC(Cc4ccccc4)CC3)n2-c2ccc(Cl)c(Cl)c2)cc1. The van der Waals surface area contributed by atoms with Gasteiger partial charge in [0, 0.05) is 18.7 Å². The molecule has 5 rings (SSSR count). The second kappa shape index (κ2) is 12.2. The predicted molar refractivity (Wildman–Crippen MR) is 154 cm³/mol. The van der Waals surface area contributed by atoms with Crippen LogP contribution in [0, 0.1) is 5.92 Å². The van der Waals surface area contributed by atoms with Crippen molar-refractivity contribution in [2.45, 2.75) is 24.4 Å². The number of likely N-dealkylation sites (tertiary alicyclic amines) is 1. The van der Waals surface area contributed by atoms with E-state index in [4.69, 9.17) is 27.9 Å². The fraction of sp³-hybridized carbons (Fsp3) is 0.276. The summed E-state index contributed by atoms with van der Waals surface area (Å²) in [4.78, 5) is 15.1. The predicted octanol–water partition coefficient (Wildman–Crippen LogP) is 6.82. The molecule has 196 valence electrons. The number of carbonyl (C=O) groups is 1. The number of aromatic nitrogens is 3. The van der Waals surface area contributed by atoms with Gasteiger partial charge in [-0.25, -0.2) is 0 Å². The Morgan fingerprint density at radius 2 is 1.71 bits per heavy atom. The van der Waals surface area contributed by atoms with Gasteiger partial charge in [0.1, 0.15) is 5.75 Å². The average Bonchev–Trinajstić information content (AvgIpc) is 3.38. The number of benzene rings is 3. The fourth-order valence-electron chi connectivity index (χ4n) is 4.70. The second-order valence-corrected chi connectivity index (χ2v) is 11.0. The average molecular weight is 568 g/mol. The lowest BCUT2D eigenvalue weighted by atomic mass is 9.90. The maximum atomic E-state index is 13.1. The summed E-state index contributed by atoms with van der Waals surface area (Å²) in [6, 6.07) is 23.6. The number of carbonyl (C=O) groups excluding carboxylic acids is 1. The van der Waals surface area contributed by atoms with Crippen LogP contribution in [0.25, 0.3) is 17.1 Å². The number of piperidine rings is 1. The van der Waals surface area contributed by atoms with Gasteiger partial charge < -0.3 is 9.64 Å². The molecule has 9 heteroatoms. The van der Waals surface area contributed by atoms with Crippen LogP contribution in [0.3, 0.4) is 0 Å². The monoisotopic (exact) mass is 566 g/mol. The molecule has 0 N–H and O–H groups in total. The van der Waals surface area contributed by atoms with Gasteiger partial charge in [-0.2, -0.15) is 0 Å². The number of hydrogen-bond acceptors (Lipinski definition) is 5. The zero-order chi connectivity index (χ0) is 26.5. The van der Waals surface area contributed by atoms with Crippen molar-refractivity contribution in [1.82, 2.24) is 19.7 Å². The van der Waals surface area contributed by atoms with E-state index in [2.05, 4.69) is 34.5 Å². The van der Waals surface area contributed by atoms with Crippen LogP contribution < -0.4 is 4.74 Å². The third kappa shape index (κ3) is 6.17. The smallest absolute Gasteiger partial charge is 0.233 e. The van der Waals surface area contributed by atoms with Crippen LogP contribution in [0.1, 0.15) is 18.4 Å². The highest BCUT2D eigenvalue weighted by atomic mass is 35.5. The van der Waals surface area contributed by atoms with Crippen molar-refractivity contribution in [3.8, 4) is 22.8 Å². The van der Waals surface area contributed by atoms with Crippen LogP contribution in [0.15, 0.2) is 78.0 Å². The van der Waals surface area contributed by atoms with Crippen molar-refractivity contribution in [2.75, 3.05) is 26.0 Å². The van der Waals surface area contributed by atoms with E-state index in [1.807, 2.05) is 45.9 Å². The molecule has 3 aromatic carbocycles. The summed E-state index contributed by atoms with van der Waals surface area (Å²) in [6.45, 7) is 1.57. The highest BCUT2D eigenvalue weighted by Gasteiger charge is 2.24. The standard InChI is InChI=1S/C29H28Cl2N4O2S/c1-37-24-10-7-22(8-11-24)28-32-33-29(35(28)23-9-12-25(30)26(31)18-23)38-19-27(36)34-15-13-21(14-16-34)17-20-5-3-2-4-6-20/h2-12,18,21H,13-17,19H2,1H3. The van der Waals surface area contributed by atoms with Crippen molar-refractivity contribution in [2.24, 2.45) is 5.92 Å². The van der Waals surface area contributed by atoms with E-state index in [-0.39, 0.29) is 11.7 Å². The molecule has 0 spiro atoms. The van der Waals surface area contributed by atoms with Crippen LogP contribution in [0.2, 0.25) is 10.0 Å². The van der Waals surface area contributed by atoms with E-state index >= 15 is 0 Å². The summed E-state index contributed by atoms with van der Waals surface area (Å²) < 4.78 is 7.20. The van der Waals surface area contributed by atoms with Gasteiger partial charge in [0.25, 0.3) is 0 Å². The van der Waals surface area contributed by atoms with Gasteiger partial charge in [-0.3, -0.25) is 9.36 Å². The number of hydrogen-bond donors (Lipinski definition) is 0. The highest BCUT2D eigenvalue weighted by molar-refractivity contribution is 7.99. The molecular formula is C29H28Cl2N4O2S. The third-order valence-electron chi connectivity index (χ3n) is 6.80. The minimum atomic E-state index is 0.114. The Balaban J connectivity index is 1.29. The van der Waals surface area contributed by atoms with Crippen molar-refractivity contribution >= 4 is 40.9 Å². The number of halogens is 2. The number of amides is 1. The minimum Gasteiger partial charge on any atom is -0.497 e. The summed E-state index contributed by atoms with van der Waals surface area (Å²) in [5.74, 6) is 2.40. The normalized spacial score (nSPS) is 14.0. The number of ether oxygens (including phenoxy) is 1. The number of rotatable bonds is 8. The summed E-state index contributed by atoms with van der Waals surface area (Å²) in [5.41, 5.74) is 3.00. The van der Waals surface area contributed by atoms with Crippen LogP contribution in [0.4, 0.5) is 0 Å². The lowest BCUT2D eigenvalue weighted by Crippen LogP contribution is -2.39. The molecule has 1 fully saturated rings. The van der Waals surface area contributed by atoms with Gasteiger partial charge in [-0.15, -0.1) is 10.2 Å². The van der Waals surface area contributed by atoms with Gasteiger partial charge in [0.2, 0.25) is 5.91 Å². The Morgan fingerprint density at radius 1 is 0.974 bits per heavy atom. The number of methoxy groups -OCH3 is 1. The number of thioether (sulfide) groups is 1. The molecule has 4 aromatic rings. The molecule has 0 bridgehead atoms. The van der Waals surface area contributed by atoms with E-state index in [1.54, 1.807) is 19.2 Å². The first-order chi connectivity index (χ1) is 18.5. The van der Waals surface area contributed by atoms with Gasteiger partial charge in [-0.05, 0) is 73.2 Å². The van der Waals surface area contributed by atoms with E-state index < -0.39 is 0 Å². The highest BCUT2D eigenvalue weighted by Crippen LogP contribution is 2.32. The molecule has 6 nitrogen and oxygen atoms in total. The Kier molecular flexibility index (Phi) is 8.57. The zero-order valence-corrected chi connectivity index (χ0v) is 23.3. The van der Waals surface area contributed by atoms with Crippen LogP contribution >= 0.6 is 35.0 Å². The van der Waals surface area contributed by atoms with Gasteiger partial charge in [0.15, 0.2) is 11.0 Å². The van der Waals surface area contributed by atoms with Crippen molar-refractivity contribution in [3.05, 3.63) is 88.4 Å². The molecular weight excluding hydrogens is 539 g/mol. The van der Waals surface area contributed by atoms with Crippen molar-refractivity contribution < 1.29 is 9.53 Å². The molecule has 1 saturated heterocycles. The molecule has 0 saturated carbocycles. The second-order valence-electron chi connectivity index (χ2n) is 9.27. The van der Waals surface area contributed by atoms with E-state index in [0.29, 0.717) is 26.9 Å². The van der Waals surface area contributed by atoms with Crippen LogP contribution in [-0.4, -0.2) is 51.5 Å². The molecule has 1 aliphatic rings. The maximum absolute atomic E-state index is 13.1. The Morgan fingerprint density at radius 3 is 2.39 bits per heavy atom. The summed E-state index contributed by atoms with van der Waals surface area (Å²) in [7, 11) is 1.63.